The molecular formula is C41H82N4O10. The molecule has 1 unspecified atom stereocenters. The van der Waals surface area contributed by atoms with Crippen LogP contribution in [0, 0.1) is 0 Å². The van der Waals surface area contributed by atoms with Gasteiger partial charge in [-0.3, -0.25) is 14.4 Å². The van der Waals surface area contributed by atoms with Gasteiger partial charge < -0.3 is 55.5 Å². The molecule has 0 aliphatic heterocycles. The van der Waals surface area contributed by atoms with Crippen molar-refractivity contribution in [3.8, 4) is 0 Å². The normalized spacial score (nSPS) is 12.0. The monoisotopic (exact) mass is 791 g/mol. The predicted molar refractivity (Wildman–Crippen MR) is 218 cm³/mol. The zero-order valence-corrected chi connectivity index (χ0v) is 34.4. The minimum atomic E-state index is -0.773. The van der Waals surface area contributed by atoms with Crippen molar-refractivity contribution in [3.63, 3.8) is 0 Å². The summed E-state index contributed by atoms with van der Waals surface area (Å²) in [6.45, 7) is 10.1. The van der Waals surface area contributed by atoms with Crippen LogP contribution in [-0.4, -0.2) is 138 Å². The molecule has 0 aliphatic carbocycles. The van der Waals surface area contributed by atoms with Crippen molar-refractivity contribution >= 4 is 17.9 Å². The van der Waals surface area contributed by atoms with Crippen molar-refractivity contribution in [2.45, 2.75) is 147 Å². The van der Waals surface area contributed by atoms with Gasteiger partial charge in [0.05, 0.1) is 52.9 Å². The molecule has 0 aromatic rings. The molecular weight excluding hydrogens is 708 g/mol. The fourth-order valence-corrected chi connectivity index (χ4v) is 6.02. The van der Waals surface area contributed by atoms with E-state index in [1.54, 1.807) is 0 Å². The highest BCUT2D eigenvalue weighted by molar-refractivity contribution is 5.73. The number of nitrogens with one attached hydrogen (secondary N) is 4. The van der Waals surface area contributed by atoms with Crippen LogP contribution in [0.1, 0.15) is 141 Å². The first-order valence-corrected chi connectivity index (χ1v) is 21.8. The SMILES string of the molecule is O=C(O)CCCCCCCCCCCCCCCCCNC(CCCNCCOCCOCCNCCOCCOCCNCCCCCC(=O)O)C(=O)O. The van der Waals surface area contributed by atoms with Crippen molar-refractivity contribution in [1.29, 1.82) is 0 Å². The molecule has 326 valence electrons. The molecule has 0 amide bonds. The lowest BCUT2D eigenvalue weighted by atomic mass is 10.0. The molecule has 0 heterocycles. The van der Waals surface area contributed by atoms with Crippen LogP contribution in [0.5, 0.6) is 0 Å². The van der Waals surface area contributed by atoms with Crippen molar-refractivity contribution in [1.82, 2.24) is 21.3 Å². The number of hydrogen-bond acceptors (Lipinski definition) is 11. The summed E-state index contributed by atoms with van der Waals surface area (Å²) in [7, 11) is 0. The largest absolute Gasteiger partial charge is 0.481 e. The maximum absolute atomic E-state index is 11.6. The maximum Gasteiger partial charge on any atom is 0.320 e. The summed E-state index contributed by atoms with van der Waals surface area (Å²) in [6.07, 6.45) is 22.6. The van der Waals surface area contributed by atoms with Crippen LogP contribution in [0.15, 0.2) is 0 Å². The first kappa shape index (κ1) is 53.1. The summed E-state index contributed by atoms with van der Waals surface area (Å²) in [5.74, 6) is -2.19. The van der Waals surface area contributed by atoms with Crippen LogP contribution in [0.2, 0.25) is 0 Å². The molecule has 7 N–H and O–H groups in total. The van der Waals surface area contributed by atoms with Crippen LogP contribution in [-0.2, 0) is 33.3 Å². The van der Waals surface area contributed by atoms with Crippen molar-refractivity contribution < 1.29 is 48.7 Å². The van der Waals surface area contributed by atoms with Crippen LogP contribution in [0.3, 0.4) is 0 Å². The van der Waals surface area contributed by atoms with Gasteiger partial charge in [-0.1, -0.05) is 89.9 Å². The Morgan fingerprint density at radius 3 is 1.05 bits per heavy atom. The van der Waals surface area contributed by atoms with E-state index in [0.717, 1.165) is 104 Å². The van der Waals surface area contributed by atoms with E-state index in [9.17, 15) is 19.5 Å². The summed E-state index contributed by atoms with van der Waals surface area (Å²) >= 11 is 0. The average molecular weight is 791 g/mol. The number of hydrogen-bond donors (Lipinski definition) is 7. The van der Waals surface area contributed by atoms with Crippen LogP contribution < -0.4 is 21.3 Å². The zero-order chi connectivity index (χ0) is 40.1. The Hall–Kier alpha value is -1.91. The smallest absolute Gasteiger partial charge is 0.320 e. The molecule has 0 aromatic heterocycles. The molecule has 0 bridgehead atoms. The van der Waals surface area contributed by atoms with Gasteiger partial charge in [-0.25, -0.2) is 0 Å². The van der Waals surface area contributed by atoms with E-state index in [2.05, 4.69) is 21.3 Å². The summed E-state index contributed by atoms with van der Waals surface area (Å²) in [5.41, 5.74) is 0. The Labute approximate surface area is 333 Å². The van der Waals surface area contributed by atoms with E-state index in [0.29, 0.717) is 65.7 Å². The number of carboxylic acids is 3. The number of carboxylic acid groups (broad SMARTS) is 3. The van der Waals surface area contributed by atoms with Crippen molar-refractivity contribution in [3.05, 3.63) is 0 Å². The fraction of sp³-hybridized carbons (Fsp3) is 0.927. The highest BCUT2D eigenvalue weighted by Crippen LogP contribution is 2.14. The minimum absolute atomic E-state index is 0.247. The summed E-state index contributed by atoms with van der Waals surface area (Å²) in [5, 5.41) is 39.9. The lowest BCUT2D eigenvalue weighted by Gasteiger charge is -2.14. The standard InChI is InChI=1S/C41H82N4O10/c46-39(47)21-15-12-10-8-6-4-2-1-3-5-7-9-11-13-18-25-45-38(41(50)51)20-19-24-43-27-31-53-35-37-55-33-29-44-28-32-54-36-34-52-30-26-42-23-17-14-16-22-40(48)49/h38,42-45H,1-37H2,(H,46,47)(H,48,49)(H,50,51). The number of unbranched alkanes of at least 4 members (excludes halogenated alkanes) is 16. The summed E-state index contributed by atoms with van der Waals surface area (Å²) in [6, 6.07) is -0.492. The molecule has 0 saturated carbocycles. The summed E-state index contributed by atoms with van der Waals surface area (Å²) < 4.78 is 22.3. The predicted octanol–water partition coefficient (Wildman–Crippen LogP) is 5.62. The molecule has 14 nitrogen and oxygen atoms in total. The van der Waals surface area contributed by atoms with E-state index >= 15 is 0 Å². The molecule has 55 heavy (non-hydrogen) atoms. The molecule has 0 rings (SSSR count). The second-order valence-electron chi connectivity index (χ2n) is 14.3. The second kappa shape index (κ2) is 44.8. The second-order valence-corrected chi connectivity index (χ2v) is 14.3. The van der Waals surface area contributed by atoms with Gasteiger partial charge >= 0.3 is 17.9 Å². The zero-order valence-electron chi connectivity index (χ0n) is 34.4. The van der Waals surface area contributed by atoms with Crippen molar-refractivity contribution in [2.75, 3.05) is 98.7 Å². The lowest BCUT2D eigenvalue weighted by Crippen LogP contribution is -2.37. The first-order chi connectivity index (χ1) is 26.9. The molecule has 14 heteroatoms. The van der Waals surface area contributed by atoms with Gasteiger partial charge in [0.1, 0.15) is 6.04 Å². The van der Waals surface area contributed by atoms with Gasteiger partial charge in [-0.2, -0.15) is 0 Å². The lowest BCUT2D eigenvalue weighted by molar-refractivity contribution is -0.140. The minimum Gasteiger partial charge on any atom is -0.481 e. The third-order valence-corrected chi connectivity index (χ3v) is 9.28. The highest BCUT2D eigenvalue weighted by Gasteiger charge is 2.15. The first-order valence-electron chi connectivity index (χ1n) is 21.8. The Morgan fingerprint density at radius 1 is 0.364 bits per heavy atom. The number of aliphatic carboxylic acids is 3. The summed E-state index contributed by atoms with van der Waals surface area (Å²) in [4.78, 5) is 32.6. The number of ether oxygens (including phenoxy) is 4. The Morgan fingerprint density at radius 2 is 0.673 bits per heavy atom. The number of carbonyl (C=O) groups is 3. The maximum atomic E-state index is 11.6. The van der Waals surface area contributed by atoms with Gasteiger partial charge in [0, 0.05) is 39.0 Å². The van der Waals surface area contributed by atoms with E-state index in [1.807, 2.05) is 0 Å². The van der Waals surface area contributed by atoms with Gasteiger partial charge in [0.15, 0.2) is 0 Å². The Bertz CT molecular complexity index is 843. The molecule has 0 saturated heterocycles. The fourth-order valence-electron chi connectivity index (χ4n) is 6.02. The van der Waals surface area contributed by atoms with E-state index in [4.69, 9.17) is 29.2 Å². The third kappa shape index (κ3) is 46.4. The van der Waals surface area contributed by atoms with Gasteiger partial charge in [-0.15, -0.1) is 0 Å². The molecule has 0 spiro atoms. The Kier molecular flexibility index (Phi) is 43.2. The highest BCUT2D eigenvalue weighted by atomic mass is 16.5. The Balaban J connectivity index is 3.32. The third-order valence-electron chi connectivity index (χ3n) is 9.28. The molecule has 0 fully saturated rings. The molecule has 0 aromatic carbocycles. The molecule has 0 aliphatic rings. The molecule has 1 atom stereocenters. The van der Waals surface area contributed by atoms with Gasteiger partial charge in [0.25, 0.3) is 0 Å². The van der Waals surface area contributed by atoms with Gasteiger partial charge in [0.2, 0.25) is 0 Å². The van der Waals surface area contributed by atoms with Crippen LogP contribution in [0.25, 0.3) is 0 Å². The topological polar surface area (TPSA) is 197 Å². The molecule has 0 radical (unpaired) electrons. The van der Waals surface area contributed by atoms with E-state index in [-0.39, 0.29) is 6.42 Å². The quantitative estimate of drug-likeness (QED) is 0.0375. The van der Waals surface area contributed by atoms with E-state index in [1.165, 1.54) is 64.2 Å². The van der Waals surface area contributed by atoms with Crippen LogP contribution >= 0.6 is 0 Å². The van der Waals surface area contributed by atoms with E-state index < -0.39 is 23.9 Å². The van der Waals surface area contributed by atoms with Crippen molar-refractivity contribution in [2.24, 2.45) is 0 Å². The number of rotatable bonds is 48. The van der Waals surface area contributed by atoms with Gasteiger partial charge in [-0.05, 0) is 58.2 Å². The average Bonchev–Trinajstić information content (AvgIpc) is 3.15. The van der Waals surface area contributed by atoms with Crippen LogP contribution in [0.4, 0.5) is 0 Å².